The third kappa shape index (κ3) is 3.60. The summed E-state index contributed by atoms with van der Waals surface area (Å²) in [6.45, 7) is 3.86. The van der Waals surface area contributed by atoms with E-state index in [9.17, 15) is 19.1 Å². The van der Waals surface area contributed by atoms with Gasteiger partial charge in [-0.25, -0.2) is 4.39 Å². The van der Waals surface area contributed by atoms with Gasteiger partial charge in [-0.15, -0.1) is 0 Å². The quantitative estimate of drug-likeness (QED) is 0.437. The number of benzene rings is 2. The second kappa shape index (κ2) is 8.25. The number of aliphatic hydroxyl groups excluding tert-OH is 1. The molecule has 1 atom stereocenters. The molecule has 0 bridgehead atoms. The maximum atomic E-state index is 14.6. The molecule has 2 aromatic carbocycles. The van der Waals surface area contributed by atoms with E-state index >= 15 is 0 Å². The molecule has 3 rings (SSSR count). The molecule has 1 saturated heterocycles. The molecule has 1 heterocycles. The second-order valence-corrected chi connectivity index (χ2v) is 7.25. The normalized spacial score (nSPS) is 18.4. The largest absolute Gasteiger partial charge is 0.507 e. The number of hydrogen-bond acceptors (Lipinski definition) is 4. The highest BCUT2D eigenvalue weighted by Crippen LogP contribution is 2.43. The number of Topliss-reactive ketones (excluding diaryl/α,β-unsaturated/α-hetero) is 1. The third-order valence-corrected chi connectivity index (χ3v) is 5.13. The van der Waals surface area contributed by atoms with Crippen molar-refractivity contribution in [1.29, 1.82) is 0 Å². The maximum absolute atomic E-state index is 14.6. The van der Waals surface area contributed by atoms with Crippen molar-refractivity contribution in [3.8, 4) is 5.75 Å². The zero-order valence-corrected chi connectivity index (χ0v) is 17.1. The van der Waals surface area contributed by atoms with Gasteiger partial charge in [-0.05, 0) is 37.1 Å². The standard InChI is InChI=1S/C22H21ClFNO4/c1-4-9-25-18(13-7-5-6-8-16(13)24)17(20(27)22(25)28)19(26)14-10-12(2)11-15(23)21(14)29-3/h5-8,10-11,18,26H,4,9H2,1-3H3/b19-17+. The fourth-order valence-electron chi connectivity index (χ4n) is 3.63. The molecule has 1 unspecified atom stereocenters. The minimum Gasteiger partial charge on any atom is -0.507 e. The van der Waals surface area contributed by atoms with Crippen LogP contribution in [0.25, 0.3) is 5.76 Å². The number of aliphatic hydroxyl groups is 1. The number of methoxy groups -OCH3 is 1. The molecule has 7 heteroatoms. The summed E-state index contributed by atoms with van der Waals surface area (Å²) in [5, 5.41) is 11.3. The van der Waals surface area contributed by atoms with Gasteiger partial charge >= 0.3 is 0 Å². The van der Waals surface area contributed by atoms with Gasteiger partial charge in [0.1, 0.15) is 17.3 Å². The fourth-order valence-corrected chi connectivity index (χ4v) is 3.98. The van der Waals surface area contributed by atoms with Crippen molar-refractivity contribution in [2.45, 2.75) is 26.3 Å². The third-order valence-electron chi connectivity index (χ3n) is 4.85. The SMILES string of the molecule is CCCN1C(=O)C(=O)/C(=C(/O)c2cc(C)cc(Cl)c2OC)C1c1ccccc1F. The van der Waals surface area contributed by atoms with Gasteiger partial charge in [-0.1, -0.05) is 36.7 Å². The number of ether oxygens (including phenoxy) is 1. The van der Waals surface area contributed by atoms with Crippen LogP contribution in [0, 0.1) is 12.7 Å². The summed E-state index contributed by atoms with van der Waals surface area (Å²) in [6.07, 6.45) is 0.567. The van der Waals surface area contributed by atoms with Crippen molar-refractivity contribution in [3.63, 3.8) is 0 Å². The van der Waals surface area contributed by atoms with Crippen molar-refractivity contribution in [1.82, 2.24) is 4.90 Å². The van der Waals surface area contributed by atoms with E-state index in [1.165, 1.54) is 30.2 Å². The van der Waals surface area contributed by atoms with Gasteiger partial charge in [0.25, 0.3) is 11.7 Å². The van der Waals surface area contributed by atoms with Crippen LogP contribution < -0.4 is 4.74 Å². The lowest BCUT2D eigenvalue weighted by Gasteiger charge is -2.25. The molecule has 1 fully saturated rings. The molecule has 0 spiro atoms. The van der Waals surface area contributed by atoms with Crippen LogP contribution in [0.15, 0.2) is 42.0 Å². The Kier molecular flexibility index (Phi) is 5.94. The lowest BCUT2D eigenvalue weighted by Crippen LogP contribution is -2.30. The first kappa shape index (κ1) is 20.9. The minimum absolute atomic E-state index is 0.138. The van der Waals surface area contributed by atoms with Gasteiger partial charge in [0, 0.05) is 12.1 Å². The van der Waals surface area contributed by atoms with Crippen molar-refractivity contribution in [2.24, 2.45) is 0 Å². The first-order valence-corrected chi connectivity index (χ1v) is 9.56. The van der Waals surface area contributed by atoms with E-state index in [0.29, 0.717) is 6.42 Å². The number of aryl methyl sites for hydroxylation is 1. The average Bonchev–Trinajstić information content (AvgIpc) is 2.92. The first-order valence-electron chi connectivity index (χ1n) is 9.19. The summed E-state index contributed by atoms with van der Waals surface area (Å²) in [5.74, 6) is -2.50. The Morgan fingerprint density at radius 1 is 1.28 bits per heavy atom. The molecule has 0 saturated carbocycles. The molecule has 29 heavy (non-hydrogen) atoms. The van der Waals surface area contributed by atoms with Crippen LogP contribution in [0.5, 0.6) is 5.75 Å². The Bertz CT molecular complexity index is 1020. The molecule has 0 aliphatic carbocycles. The molecular formula is C22H21ClFNO4. The zero-order chi connectivity index (χ0) is 21.3. The van der Waals surface area contributed by atoms with Crippen LogP contribution in [0.1, 0.15) is 36.1 Å². The number of amides is 1. The summed E-state index contributed by atoms with van der Waals surface area (Å²) >= 11 is 6.23. The second-order valence-electron chi connectivity index (χ2n) is 6.84. The number of nitrogens with zero attached hydrogens (tertiary/aromatic N) is 1. The first-order chi connectivity index (χ1) is 13.8. The highest BCUT2D eigenvalue weighted by molar-refractivity contribution is 6.46. The molecule has 1 aliphatic heterocycles. The highest BCUT2D eigenvalue weighted by atomic mass is 35.5. The Morgan fingerprint density at radius 3 is 2.59 bits per heavy atom. The Labute approximate surface area is 173 Å². The van der Waals surface area contributed by atoms with Crippen LogP contribution in [0.2, 0.25) is 5.02 Å². The number of hydrogen-bond donors (Lipinski definition) is 1. The minimum atomic E-state index is -1.04. The molecule has 5 nitrogen and oxygen atoms in total. The average molecular weight is 418 g/mol. The molecule has 2 aromatic rings. The summed E-state index contributed by atoms with van der Waals surface area (Å²) in [4.78, 5) is 26.8. The molecule has 1 N–H and O–H groups in total. The molecule has 152 valence electrons. The molecular weight excluding hydrogens is 397 g/mol. The Morgan fingerprint density at radius 2 is 1.97 bits per heavy atom. The van der Waals surface area contributed by atoms with Crippen LogP contribution in [-0.4, -0.2) is 35.4 Å². The van der Waals surface area contributed by atoms with Crippen molar-refractivity contribution >= 4 is 29.1 Å². The summed E-state index contributed by atoms with van der Waals surface area (Å²) in [5.41, 5.74) is 0.851. The number of rotatable bonds is 5. The molecule has 1 amide bonds. The van der Waals surface area contributed by atoms with E-state index in [4.69, 9.17) is 16.3 Å². The van der Waals surface area contributed by atoms with Gasteiger partial charge in [-0.2, -0.15) is 0 Å². The monoisotopic (exact) mass is 417 g/mol. The van der Waals surface area contributed by atoms with Gasteiger partial charge in [-0.3, -0.25) is 9.59 Å². The maximum Gasteiger partial charge on any atom is 0.295 e. The number of ketones is 1. The van der Waals surface area contributed by atoms with Gasteiger partial charge in [0.05, 0.1) is 29.3 Å². The highest BCUT2D eigenvalue weighted by Gasteiger charge is 2.46. The smallest absolute Gasteiger partial charge is 0.295 e. The van der Waals surface area contributed by atoms with Crippen LogP contribution in [-0.2, 0) is 9.59 Å². The summed E-state index contributed by atoms with van der Waals surface area (Å²) < 4.78 is 19.9. The number of carbonyl (C=O) groups excluding carboxylic acids is 2. The Hall–Kier alpha value is -2.86. The van der Waals surface area contributed by atoms with E-state index < -0.39 is 29.3 Å². The number of likely N-dealkylation sites (tertiary alicyclic amines) is 1. The number of carbonyl (C=O) groups is 2. The summed E-state index contributed by atoms with van der Waals surface area (Å²) in [7, 11) is 1.39. The van der Waals surface area contributed by atoms with Crippen LogP contribution in [0.3, 0.4) is 0 Å². The predicted molar refractivity (Wildman–Crippen MR) is 108 cm³/mol. The molecule has 1 aliphatic rings. The fraction of sp³-hybridized carbons (Fsp3) is 0.273. The van der Waals surface area contributed by atoms with E-state index in [1.807, 2.05) is 6.92 Å². The van der Waals surface area contributed by atoms with Crippen LogP contribution >= 0.6 is 11.6 Å². The lowest BCUT2D eigenvalue weighted by atomic mass is 9.94. The van der Waals surface area contributed by atoms with Gasteiger partial charge in [0.2, 0.25) is 0 Å². The topological polar surface area (TPSA) is 66.8 Å². The van der Waals surface area contributed by atoms with E-state index in [0.717, 1.165) is 5.56 Å². The van der Waals surface area contributed by atoms with Crippen molar-refractivity contribution in [2.75, 3.05) is 13.7 Å². The van der Waals surface area contributed by atoms with E-state index in [2.05, 4.69) is 0 Å². The zero-order valence-electron chi connectivity index (χ0n) is 16.3. The van der Waals surface area contributed by atoms with Crippen LogP contribution in [0.4, 0.5) is 4.39 Å². The van der Waals surface area contributed by atoms with Crippen molar-refractivity contribution < 1.29 is 23.8 Å². The number of halogens is 2. The van der Waals surface area contributed by atoms with Gasteiger partial charge in [0.15, 0.2) is 0 Å². The van der Waals surface area contributed by atoms with E-state index in [-0.39, 0.29) is 34.0 Å². The van der Waals surface area contributed by atoms with E-state index in [1.54, 1.807) is 25.1 Å². The lowest BCUT2D eigenvalue weighted by molar-refractivity contribution is -0.139. The van der Waals surface area contributed by atoms with Crippen molar-refractivity contribution in [3.05, 3.63) is 69.5 Å². The molecule has 0 aromatic heterocycles. The summed E-state index contributed by atoms with van der Waals surface area (Å²) in [6, 6.07) is 8.11. The predicted octanol–water partition coefficient (Wildman–Crippen LogP) is 4.63. The Balaban J connectivity index is 2.31. The van der Waals surface area contributed by atoms with Gasteiger partial charge < -0.3 is 14.7 Å². The molecule has 0 radical (unpaired) electrons.